The number of aromatic nitrogens is 3. The largest absolute Gasteiger partial charge is 0.291 e. The number of thiophene rings is 1. The molecule has 1 amide bonds. The van der Waals surface area contributed by atoms with Crippen molar-refractivity contribution in [2.75, 3.05) is 17.7 Å². The van der Waals surface area contributed by atoms with Gasteiger partial charge in [-0.25, -0.2) is 15.0 Å². The van der Waals surface area contributed by atoms with Crippen LogP contribution in [0.4, 0.5) is 5.13 Å². The van der Waals surface area contributed by atoms with Gasteiger partial charge >= 0.3 is 0 Å². The van der Waals surface area contributed by atoms with Gasteiger partial charge in [0.05, 0.1) is 11.4 Å². The number of hydrogen-bond acceptors (Lipinski definition) is 7. The van der Waals surface area contributed by atoms with E-state index in [-0.39, 0.29) is 5.91 Å². The molecule has 4 aromatic rings. The third-order valence-corrected chi connectivity index (χ3v) is 8.11. The highest BCUT2D eigenvalue weighted by Gasteiger charge is 2.22. The van der Waals surface area contributed by atoms with Gasteiger partial charge in [0.1, 0.15) is 16.2 Å². The highest BCUT2D eigenvalue weighted by Crippen LogP contribution is 2.40. The molecule has 8 heteroatoms. The van der Waals surface area contributed by atoms with Crippen molar-refractivity contribution in [2.45, 2.75) is 24.3 Å². The fourth-order valence-electron chi connectivity index (χ4n) is 3.50. The van der Waals surface area contributed by atoms with Crippen LogP contribution < -0.4 is 4.90 Å². The Morgan fingerprint density at radius 2 is 2.07 bits per heavy atom. The molecule has 0 fully saturated rings. The number of rotatable bonds is 5. The molecule has 0 spiro atoms. The first-order chi connectivity index (χ1) is 14.2. The second-order valence-electron chi connectivity index (χ2n) is 6.84. The average molecular weight is 439 g/mol. The average Bonchev–Trinajstić information content (AvgIpc) is 3.48. The highest BCUT2D eigenvalue weighted by atomic mass is 32.2. The Labute approximate surface area is 180 Å². The number of amides is 1. The Kier molecular flexibility index (Phi) is 5.07. The molecule has 0 unspecified atom stereocenters. The lowest BCUT2D eigenvalue weighted by Crippen LogP contribution is -2.27. The predicted molar refractivity (Wildman–Crippen MR) is 121 cm³/mol. The van der Waals surface area contributed by atoms with E-state index in [1.54, 1.807) is 29.6 Å². The van der Waals surface area contributed by atoms with Crippen LogP contribution in [0.2, 0.25) is 0 Å². The van der Waals surface area contributed by atoms with Gasteiger partial charge in [0.15, 0.2) is 5.13 Å². The fourth-order valence-corrected chi connectivity index (χ4v) is 6.55. The van der Waals surface area contributed by atoms with Crippen LogP contribution in [0.5, 0.6) is 0 Å². The molecule has 5 rings (SSSR count). The lowest BCUT2D eigenvalue weighted by Gasteiger charge is -2.13. The maximum atomic E-state index is 12.8. The minimum Gasteiger partial charge on any atom is -0.291 e. The summed E-state index contributed by atoms with van der Waals surface area (Å²) in [5.74, 6) is 0.343. The van der Waals surface area contributed by atoms with Gasteiger partial charge in [-0.3, -0.25) is 9.69 Å². The quantitative estimate of drug-likeness (QED) is 0.322. The smallest absolute Gasteiger partial charge is 0.238 e. The van der Waals surface area contributed by atoms with E-state index < -0.39 is 0 Å². The number of hydrogen-bond donors (Lipinski definition) is 0. The van der Waals surface area contributed by atoms with Crippen molar-refractivity contribution in [1.82, 2.24) is 15.0 Å². The topological polar surface area (TPSA) is 59.0 Å². The summed E-state index contributed by atoms with van der Waals surface area (Å²) in [7, 11) is 1.79. The van der Waals surface area contributed by atoms with Crippen molar-refractivity contribution in [3.8, 4) is 11.3 Å². The lowest BCUT2D eigenvalue weighted by molar-refractivity contribution is -0.115. The standard InChI is InChI=1S/C21H18N4OS3/c1-25(21-24-15(10-28-21)13-6-3-2-4-7-13)17(26)11-27-19-18-14-8-5-9-16(14)29-20(18)23-12-22-19/h2-4,6-7,10,12H,5,8-9,11H2,1H3. The van der Waals surface area contributed by atoms with E-state index in [1.165, 1.54) is 40.0 Å². The van der Waals surface area contributed by atoms with Crippen LogP contribution in [0.1, 0.15) is 16.9 Å². The zero-order valence-corrected chi connectivity index (χ0v) is 18.2. The van der Waals surface area contributed by atoms with Crippen molar-refractivity contribution in [3.63, 3.8) is 0 Å². The molecule has 1 aliphatic carbocycles. The van der Waals surface area contributed by atoms with E-state index in [0.717, 1.165) is 39.3 Å². The van der Waals surface area contributed by atoms with Gasteiger partial charge in [-0.2, -0.15) is 0 Å². The van der Waals surface area contributed by atoms with Gasteiger partial charge in [0.2, 0.25) is 5.91 Å². The molecule has 0 atom stereocenters. The van der Waals surface area contributed by atoms with E-state index in [2.05, 4.69) is 15.0 Å². The summed E-state index contributed by atoms with van der Waals surface area (Å²) in [6.45, 7) is 0. The molecule has 0 saturated heterocycles. The van der Waals surface area contributed by atoms with Crippen molar-refractivity contribution in [1.29, 1.82) is 0 Å². The van der Waals surface area contributed by atoms with Crippen LogP contribution in [-0.4, -0.2) is 33.7 Å². The number of nitrogens with zero attached hydrogens (tertiary/aromatic N) is 4. The van der Waals surface area contributed by atoms with E-state index in [1.807, 2.05) is 35.7 Å². The molecule has 5 nitrogen and oxygen atoms in total. The first kappa shape index (κ1) is 18.7. The second-order valence-corrected chi connectivity index (χ2v) is 9.72. The summed E-state index contributed by atoms with van der Waals surface area (Å²) in [6, 6.07) is 10.0. The van der Waals surface area contributed by atoms with E-state index in [9.17, 15) is 4.79 Å². The van der Waals surface area contributed by atoms with Crippen LogP contribution in [-0.2, 0) is 17.6 Å². The summed E-state index contributed by atoms with van der Waals surface area (Å²) in [5.41, 5.74) is 3.34. The predicted octanol–water partition coefficient (Wildman–Crippen LogP) is 5.06. The minimum atomic E-state index is 0.0163. The fraction of sp³-hybridized carbons (Fsp3) is 0.238. The van der Waals surface area contributed by atoms with Crippen molar-refractivity contribution < 1.29 is 4.79 Å². The molecule has 0 N–H and O–H groups in total. The number of thiazole rings is 1. The third kappa shape index (κ3) is 3.56. The summed E-state index contributed by atoms with van der Waals surface area (Å²) < 4.78 is 0. The Morgan fingerprint density at radius 3 is 2.93 bits per heavy atom. The summed E-state index contributed by atoms with van der Waals surface area (Å²) in [4.78, 5) is 30.5. The number of benzene rings is 1. The number of anilines is 1. The zero-order valence-electron chi connectivity index (χ0n) is 15.8. The molecule has 1 aliphatic rings. The first-order valence-corrected chi connectivity index (χ1v) is 12.0. The van der Waals surface area contributed by atoms with Crippen LogP contribution in [0.25, 0.3) is 21.5 Å². The maximum absolute atomic E-state index is 12.8. The summed E-state index contributed by atoms with van der Waals surface area (Å²) >= 11 is 4.75. The molecular weight excluding hydrogens is 420 g/mol. The molecule has 3 heterocycles. The van der Waals surface area contributed by atoms with Crippen molar-refractivity contribution in [3.05, 3.63) is 52.5 Å². The highest BCUT2D eigenvalue weighted by molar-refractivity contribution is 8.00. The van der Waals surface area contributed by atoms with E-state index in [0.29, 0.717) is 10.9 Å². The number of aryl methyl sites for hydroxylation is 2. The molecule has 29 heavy (non-hydrogen) atoms. The monoisotopic (exact) mass is 438 g/mol. The number of carbonyl (C=O) groups excluding carboxylic acids is 1. The summed E-state index contributed by atoms with van der Waals surface area (Å²) in [5, 5.41) is 4.77. The number of carbonyl (C=O) groups is 1. The molecule has 1 aromatic carbocycles. The lowest BCUT2D eigenvalue weighted by atomic mass is 10.2. The number of fused-ring (bicyclic) bond motifs is 3. The molecule has 0 saturated carbocycles. The molecule has 146 valence electrons. The first-order valence-electron chi connectivity index (χ1n) is 9.36. The molecule has 0 radical (unpaired) electrons. The minimum absolute atomic E-state index is 0.0163. The van der Waals surface area contributed by atoms with Gasteiger partial charge in [-0.15, -0.1) is 22.7 Å². The molecule has 3 aromatic heterocycles. The molecular formula is C21H18N4OS3. The van der Waals surface area contributed by atoms with Crippen LogP contribution in [0, 0.1) is 0 Å². The summed E-state index contributed by atoms with van der Waals surface area (Å²) in [6.07, 6.45) is 5.03. The SMILES string of the molecule is CN(C(=O)CSc1ncnc2sc3c(c12)CCC3)c1nc(-c2ccccc2)cs1. The zero-order chi connectivity index (χ0) is 19.8. The van der Waals surface area contributed by atoms with E-state index >= 15 is 0 Å². The Hall–Kier alpha value is -2.29. The molecule has 0 aliphatic heterocycles. The third-order valence-electron chi connectivity index (χ3n) is 5.02. The van der Waals surface area contributed by atoms with Crippen molar-refractivity contribution >= 4 is 55.7 Å². The van der Waals surface area contributed by atoms with Crippen LogP contribution in [0.15, 0.2) is 47.1 Å². The Morgan fingerprint density at radius 1 is 1.21 bits per heavy atom. The van der Waals surface area contributed by atoms with Gasteiger partial charge in [0.25, 0.3) is 0 Å². The Balaban J connectivity index is 1.31. The van der Waals surface area contributed by atoms with Gasteiger partial charge < -0.3 is 0 Å². The number of thioether (sulfide) groups is 1. The Bertz CT molecular complexity index is 1190. The van der Waals surface area contributed by atoms with Crippen LogP contribution in [0.3, 0.4) is 0 Å². The van der Waals surface area contributed by atoms with Crippen molar-refractivity contribution in [2.24, 2.45) is 0 Å². The molecule has 0 bridgehead atoms. The van der Waals surface area contributed by atoms with E-state index in [4.69, 9.17) is 0 Å². The second kappa shape index (κ2) is 7.85. The van der Waals surface area contributed by atoms with Crippen LogP contribution >= 0.6 is 34.4 Å². The van der Waals surface area contributed by atoms with Gasteiger partial charge in [0, 0.05) is 28.3 Å². The normalized spacial score (nSPS) is 13.0. The van der Waals surface area contributed by atoms with Gasteiger partial charge in [-0.05, 0) is 24.8 Å². The van der Waals surface area contributed by atoms with Gasteiger partial charge in [-0.1, -0.05) is 42.1 Å². The maximum Gasteiger partial charge on any atom is 0.238 e.